The van der Waals surface area contributed by atoms with Crippen molar-refractivity contribution in [3.63, 3.8) is 0 Å². The SMILES string of the molecule is CC(C)(C)c1ccc(-c2ccc(C3C(C)(C)CCC3(C)C)cn2)cc1. The Labute approximate surface area is 153 Å². The molecule has 0 aliphatic heterocycles. The molecule has 1 heterocycles. The lowest BCUT2D eigenvalue weighted by Crippen LogP contribution is -2.25. The number of hydrogen-bond acceptors (Lipinski definition) is 1. The summed E-state index contributed by atoms with van der Waals surface area (Å²) in [5.74, 6) is 0.574. The van der Waals surface area contributed by atoms with Gasteiger partial charge in [-0.2, -0.15) is 0 Å². The normalized spacial score (nSPS) is 20.0. The van der Waals surface area contributed by atoms with Gasteiger partial charge in [0.15, 0.2) is 0 Å². The van der Waals surface area contributed by atoms with Crippen LogP contribution in [0.2, 0.25) is 0 Å². The quantitative estimate of drug-likeness (QED) is 0.577. The summed E-state index contributed by atoms with van der Waals surface area (Å²) in [6.45, 7) is 16.4. The van der Waals surface area contributed by atoms with Gasteiger partial charge in [-0.25, -0.2) is 0 Å². The summed E-state index contributed by atoms with van der Waals surface area (Å²) in [4.78, 5) is 4.82. The van der Waals surface area contributed by atoms with Crippen molar-refractivity contribution in [3.8, 4) is 11.3 Å². The second kappa shape index (κ2) is 5.97. The van der Waals surface area contributed by atoms with Gasteiger partial charge in [-0.1, -0.05) is 78.8 Å². The van der Waals surface area contributed by atoms with Gasteiger partial charge < -0.3 is 0 Å². The second-order valence-corrected chi connectivity index (χ2v) is 10.2. The monoisotopic (exact) mass is 335 g/mol. The van der Waals surface area contributed by atoms with E-state index in [4.69, 9.17) is 4.98 Å². The van der Waals surface area contributed by atoms with E-state index in [0.717, 1.165) is 5.69 Å². The molecule has 0 spiro atoms. The summed E-state index contributed by atoms with van der Waals surface area (Å²) < 4.78 is 0. The maximum atomic E-state index is 4.82. The van der Waals surface area contributed by atoms with E-state index in [0.29, 0.717) is 16.7 Å². The minimum absolute atomic E-state index is 0.190. The predicted octanol–water partition coefficient (Wildman–Crippen LogP) is 6.98. The van der Waals surface area contributed by atoms with Crippen molar-refractivity contribution in [2.45, 2.75) is 72.6 Å². The lowest BCUT2D eigenvalue weighted by Gasteiger charge is -2.35. The van der Waals surface area contributed by atoms with Gasteiger partial charge in [0.05, 0.1) is 5.69 Å². The third-order valence-electron chi connectivity index (χ3n) is 6.14. The third kappa shape index (κ3) is 3.52. The smallest absolute Gasteiger partial charge is 0.0702 e. The summed E-state index contributed by atoms with van der Waals surface area (Å²) >= 11 is 0. The van der Waals surface area contributed by atoms with Crippen LogP contribution in [0.1, 0.15) is 78.4 Å². The number of nitrogens with zero attached hydrogens (tertiary/aromatic N) is 1. The van der Waals surface area contributed by atoms with Crippen molar-refractivity contribution in [2.75, 3.05) is 0 Å². The first-order chi connectivity index (χ1) is 11.5. The topological polar surface area (TPSA) is 12.9 Å². The molecular weight excluding hydrogens is 302 g/mol. The Hall–Kier alpha value is -1.63. The molecule has 1 aromatic heterocycles. The van der Waals surface area contributed by atoms with Crippen LogP contribution in [-0.2, 0) is 5.41 Å². The zero-order valence-electron chi connectivity index (χ0n) is 17.0. The van der Waals surface area contributed by atoms with Crippen molar-refractivity contribution in [3.05, 3.63) is 53.7 Å². The fourth-order valence-electron chi connectivity index (χ4n) is 4.78. The Morgan fingerprint density at radius 3 is 1.84 bits per heavy atom. The van der Waals surface area contributed by atoms with E-state index < -0.39 is 0 Å². The van der Waals surface area contributed by atoms with E-state index in [1.165, 1.54) is 29.5 Å². The predicted molar refractivity (Wildman–Crippen MR) is 108 cm³/mol. The number of pyridine rings is 1. The molecule has 1 nitrogen and oxygen atoms in total. The van der Waals surface area contributed by atoms with E-state index in [9.17, 15) is 0 Å². The molecule has 1 saturated carbocycles. The summed E-state index contributed by atoms with van der Waals surface area (Å²) in [5, 5.41) is 0. The molecule has 1 aliphatic carbocycles. The first-order valence-corrected chi connectivity index (χ1v) is 9.58. The van der Waals surface area contributed by atoms with Crippen molar-refractivity contribution >= 4 is 0 Å². The lowest BCUT2D eigenvalue weighted by atomic mass is 9.69. The molecule has 0 radical (unpaired) electrons. The first-order valence-electron chi connectivity index (χ1n) is 9.58. The van der Waals surface area contributed by atoms with Gasteiger partial charge in [0.1, 0.15) is 0 Å². The number of rotatable bonds is 2. The summed E-state index contributed by atoms with van der Waals surface area (Å²) in [5.41, 5.74) is 5.91. The molecular formula is C24H33N. The molecule has 0 unspecified atom stereocenters. The fraction of sp³-hybridized carbons (Fsp3) is 0.542. The zero-order chi connectivity index (χ0) is 18.5. The zero-order valence-corrected chi connectivity index (χ0v) is 17.0. The van der Waals surface area contributed by atoms with Gasteiger partial charge >= 0.3 is 0 Å². The maximum absolute atomic E-state index is 4.82. The highest BCUT2D eigenvalue weighted by Crippen LogP contribution is 2.58. The van der Waals surface area contributed by atoms with E-state index >= 15 is 0 Å². The molecule has 1 fully saturated rings. The highest BCUT2D eigenvalue weighted by Gasteiger charge is 2.47. The highest BCUT2D eigenvalue weighted by molar-refractivity contribution is 5.60. The Morgan fingerprint density at radius 1 is 0.840 bits per heavy atom. The van der Waals surface area contributed by atoms with Crippen molar-refractivity contribution in [1.29, 1.82) is 0 Å². The minimum atomic E-state index is 0.190. The van der Waals surface area contributed by atoms with Crippen molar-refractivity contribution in [1.82, 2.24) is 4.98 Å². The van der Waals surface area contributed by atoms with Gasteiger partial charge in [-0.05, 0) is 52.2 Å². The molecule has 25 heavy (non-hydrogen) atoms. The molecule has 0 bridgehead atoms. The Kier molecular flexibility index (Phi) is 4.34. The molecule has 134 valence electrons. The van der Waals surface area contributed by atoms with Crippen LogP contribution in [0.15, 0.2) is 42.6 Å². The third-order valence-corrected chi connectivity index (χ3v) is 6.14. The van der Waals surface area contributed by atoms with E-state index in [-0.39, 0.29) is 5.41 Å². The Bertz CT molecular complexity index is 711. The number of benzene rings is 1. The second-order valence-electron chi connectivity index (χ2n) is 10.2. The summed E-state index contributed by atoms with van der Waals surface area (Å²) in [7, 11) is 0. The van der Waals surface area contributed by atoms with Gasteiger partial charge in [0.2, 0.25) is 0 Å². The Morgan fingerprint density at radius 2 is 1.40 bits per heavy atom. The molecule has 3 rings (SSSR count). The van der Waals surface area contributed by atoms with Crippen LogP contribution < -0.4 is 0 Å². The average molecular weight is 336 g/mol. The van der Waals surface area contributed by atoms with Crippen molar-refractivity contribution < 1.29 is 0 Å². The summed E-state index contributed by atoms with van der Waals surface area (Å²) in [6.07, 6.45) is 4.70. The molecule has 0 amide bonds. The molecule has 1 aromatic carbocycles. The number of aromatic nitrogens is 1. The van der Waals surface area contributed by atoms with Gasteiger partial charge in [-0.15, -0.1) is 0 Å². The van der Waals surface area contributed by atoms with Gasteiger partial charge in [0.25, 0.3) is 0 Å². The first kappa shape index (κ1) is 18.2. The van der Waals surface area contributed by atoms with E-state index in [2.05, 4.69) is 91.1 Å². The molecule has 1 heteroatoms. The van der Waals surface area contributed by atoms with Gasteiger partial charge in [0, 0.05) is 11.8 Å². The standard InChI is InChI=1S/C24H33N/c1-22(2,3)19-11-8-17(9-12-19)20-13-10-18(16-25-20)21-23(4,5)14-15-24(21,6)7/h8-13,16,21H,14-15H2,1-7H3. The highest BCUT2D eigenvalue weighted by atomic mass is 14.7. The molecule has 0 saturated heterocycles. The van der Waals surface area contributed by atoms with Crippen LogP contribution in [0.4, 0.5) is 0 Å². The fourth-order valence-corrected chi connectivity index (χ4v) is 4.78. The van der Waals surface area contributed by atoms with Crippen LogP contribution in [0.3, 0.4) is 0 Å². The van der Waals surface area contributed by atoms with Crippen LogP contribution in [0, 0.1) is 10.8 Å². The average Bonchev–Trinajstić information content (AvgIpc) is 2.75. The lowest BCUT2D eigenvalue weighted by molar-refractivity contribution is 0.239. The molecule has 0 atom stereocenters. The summed E-state index contributed by atoms with van der Waals surface area (Å²) in [6, 6.07) is 13.4. The Balaban J connectivity index is 1.88. The van der Waals surface area contributed by atoms with Crippen molar-refractivity contribution in [2.24, 2.45) is 10.8 Å². The van der Waals surface area contributed by atoms with E-state index in [1.807, 2.05) is 0 Å². The number of hydrogen-bond donors (Lipinski definition) is 0. The molecule has 1 aliphatic rings. The molecule has 2 aromatic rings. The largest absolute Gasteiger partial charge is 0.256 e. The maximum Gasteiger partial charge on any atom is 0.0702 e. The van der Waals surface area contributed by atoms with Gasteiger partial charge in [-0.3, -0.25) is 4.98 Å². The minimum Gasteiger partial charge on any atom is -0.256 e. The molecule has 0 N–H and O–H groups in total. The van der Waals surface area contributed by atoms with E-state index in [1.54, 1.807) is 0 Å². The van der Waals surface area contributed by atoms with Crippen LogP contribution in [0.25, 0.3) is 11.3 Å². The van der Waals surface area contributed by atoms with Crippen LogP contribution in [-0.4, -0.2) is 4.98 Å². The van der Waals surface area contributed by atoms with Crippen LogP contribution >= 0.6 is 0 Å². The van der Waals surface area contributed by atoms with Crippen LogP contribution in [0.5, 0.6) is 0 Å².